The van der Waals surface area contributed by atoms with Gasteiger partial charge in [0.1, 0.15) is 0 Å². The number of nitrogen functional groups attached to an aromatic ring is 1. The maximum Gasteiger partial charge on any atom is 0.269 e. The fraction of sp³-hybridized carbons (Fsp3) is 0.176. The fourth-order valence-corrected chi connectivity index (χ4v) is 3.71. The van der Waals surface area contributed by atoms with Crippen LogP contribution in [0.3, 0.4) is 0 Å². The molecule has 1 heterocycles. The number of nitro benzene ring substituents is 1. The first kappa shape index (κ1) is 19.3. The number of non-ortho nitro benzene ring substituents is 1. The molecule has 0 saturated heterocycles. The van der Waals surface area contributed by atoms with Crippen LogP contribution in [0.4, 0.5) is 17.3 Å². The molecule has 0 unspecified atom stereocenters. The third-order valence-electron chi connectivity index (χ3n) is 4.09. The van der Waals surface area contributed by atoms with E-state index in [4.69, 9.17) is 5.73 Å². The Hall–Kier alpha value is -3.47. The van der Waals surface area contributed by atoms with E-state index in [1.54, 1.807) is 12.1 Å². The minimum absolute atomic E-state index is 0.128. The molecule has 146 valence electrons. The maximum absolute atomic E-state index is 12.6. The molecule has 0 aliphatic heterocycles. The number of hydrogen-bond donors (Lipinski definition) is 2. The fourth-order valence-electron chi connectivity index (χ4n) is 2.57. The topological polar surface area (TPSA) is 150 Å². The van der Waals surface area contributed by atoms with Gasteiger partial charge in [-0.05, 0) is 44.2 Å². The van der Waals surface area contributed by atoms with Crippen molar-refractivity contribution in [1.29, 1.82) is 0 Å². The SMILES string of the molecule is CC(C)S(=O)(=O)n1c(N)nc2ccc(NC(=O)c3ccc([N+](=O)[O-])cc3)cc21. The van der Waals surface area contributed by atoms with Gasteiger partial charge >= 0.3 is 0 Å². The molecule has 3 rings (SSSR count). The van der Waals surface area contributed by atoms with Crippen molar-refractivity contribution in [2.45, 2.75) is 19.1 Å². The van der Waals surface area contributed by atoms with Crippen molar-refractivity contribution >= 4 is 44.3 Å². The zero-order chi connectivity index (χ0) is 20.6. The van der Waals surface area contributed by atoms with Gasteiger partial charge in [-0.15, -0.1) is 0 Å². The molecule has 0 spiro atoms. The van der Waals surface area contributed by atoms with Crippen molar-refractivity contribution in [2.75, 3.05) is 11.1 Å². The van der Waals surface area contributed by atoms with Crippen LogP contribution in [-0.4, -0.2) is 33.5 Å². The Morgan fingerprint density at radius 1 is 1.21 bits per heavy atom. The highest BCUT2D eigenvalue weighted by molar-refractivity contribution is 7.90. The minimum atomic E-state index is -3.75. The van der Waals surface area contributed by atoms with Crippen molar-refractivity contribution in [1.82, 2.24) is 8.96 Å². The second kappa shape index (κ2) is 6.93. The largest absolute Gasteiger partial charge is 0.368 e. The number of aromatic nitrogens is 2. The molecule has 11 heteroatoms. The predicted octanol–water partition coefficient (Wildman–Crippen LogP) is 2.37. The van der Waals surface area contributed by atoms with Crippen LogP contribution in [0.2, 0.25) is 0 Å². The number of nitrogens with two attached hydrogens (primary N) is 1. The second-order valence-corrected chi connectivity index (χ2v) is 8.63. The lowest BCUT2D eigenvalue weighted by molar-refractivity contribution is -0.384. The molecule has 1 amide bonds. The summed E-state index contributed by atoms with van der Waals surface area (Å²) in [4.78, 5) is 26.6. The summed E-state index contributed by atoms with van der Waals surface area (Å²) in [5, 5.41) is 12.6. The Labute approximate surface area is 160 Å². The normalized spacial score (nSPS) is 11.7. The summed E-state index contributed by atoms with van der Waals surface area (Å²) in [7, 11) is -3.75. The van der Waals surface area contributed by atoms with Crippen LogP contribution in [0.1, 0.15) is 24.2 Å². The van der Waals surface area contributed by atoms with Gasteiger partial charge < -0.3 is 11.1 Å². The lowest BCUT2D eigenvalue weighted by Gasteiger charge is -2.11. The molecule has 10 nitrogen and oxygen atoms in total. The summed E-state index contributed by atoms with van der Waals surface area (Å²) in [6.45, 7) is 3.06. The highest BCUT2D eigenvalue weighted by Gasteiger charge is 2.24. The van der Waals surface area contributed by atoms with E-state index < -0.39 is 26.1 Å². The van der Waals surface area contributed by atoms with Crippen molar-refractivity contribution < 1.29 is 18.1 Å². The standard InChI is InChI=1S/C17H17N5O5S/c1-10(2)28(26,27)21-15-9-12(5-8-14(15)20-17(21)18)19-16(23)11-3-6-13(7-4-11)22(24)25/h3-10H,1-2H3,(H2,18,20)(H,19,23). The number of imidazole rings is 1. The molecule has 0 atom stereocenters. The van der Waals surface area contributed by atoms with Crippen molar-refractivity contribution in [3.8, 4) is 0 Å². The number of benzene rings is 2. The van der Waals surface area contributed by atoms with Crippen LogP contribution >= 0.6 is 0 Å². The Balaban J connectivity index is 1.96. The van der Waals surface area contributed by atoms with Gasteiger partial charge in [0.25, 0.3) is 11.6 Å². The van der Waals surface area contributed by atoms with E-state index >= 15 is 0 Å². The molecule has 3 aromatic rings. The van der Waals surface area contributed by atoms with Gasteiger partial charge in [0.15, 0.2) is 0 Å². The van der Waals surface area contributed by atoms with Gasteiger partial charge in [-0.1, -0.05) is 0 Å². The lowest BCUT2D eigenvalue weighted by atomic mass is 10.2. The third-order valence-corrected chi connectivity index (χ3v) is 6.17. The first-order valence-corrected chi connectivity index (χ1v) is 9.69. The predicted molar refractivity (Wildman–Crippen MR) is 105 cm³/mol. The van der Waals surface area contributed by atoms with E-state index in [2.05, 4.69) is 10.3 Å². The molecule has 0 fully saturated rings. The quantitative estimate of drug-likeness (QED) is 0.490. The molecule has 0 saturated carbocycles. The number of nitrogens with zero attached hydrogens (tertiary/aromatic N) is 3. The van der Waals surface area contributed by atoms with Crippen LogP contribution in [0.15, 0.2) is 42.5 Å². The Morgan fingerprint density at radius 3 is 2.43 bits per heavy atom. The first-order valence-electron chi connectivity index (χ1n) is 8.19. The van der Waals surface area contributed by atoms with E-state index in [1.165, 1.54) is 44.2 Å². The van der Waals surface area contributed by atoms with Gasteiger partial charge in [-0.3, -0.25) is 14.9 Å². The molecule has 0 bridgehead atoms. The molecule has 2 aromatic carbocycles. The first-order chi connectivity index (χ1) is 13.1. The summed E-state index contributed by atoms with van der Waals surface area (Å²) in [5.74, 6) is -0.664. The molecule has 1 aromatic heterocycles. The van der Waals surface area contributed by atoms with E-state index in [0.29, 0.717) is 11.2 Å². The average molecular weight is 403 g/mol. The third kappa shape index (κ3) is 3.39. The number of carbonyl (C=O) groups is 1. The second-order valence-electron chi connectivity index (χ2n) is 6.29. The lowest BCUT2D eigenvalue weighted by Crippen LogP contribution is -2.23. The molecule has 28 heavy (non-hydrogen) atoms. The number of hydrogen-bond acceptors (Lipinski definition) is 7. The molecule has 3 N–H and O–H groups in total. The number of nitrogens with one attached hydrogen (secondary N) is 1. The molecule has 0 radical (unpaired) electrons. The average Bonchev–Trinajstić information content (AvgIpc) is 2.97. The number of fused-ring (bicyclic) bond motifs is 1. The molecule has 0 aliphatic rings. The zero-order valence-electron chi connectivity index (χ0n) is 15.0. The Kier molecular flexibility index (Phi) is 4.77. The molecular weight excluding hydrogens is 386 g/mol. The van der Waals surface area contributed by atoms with Crippen molar-refractivity contribution in [3.05, 3.63) is 58.1 Å². The maximum atomic E-state index is 12.6. The van der Waals surface area contributed by atoms with Gasteiger partial charge in [0, 0.05) is 23.4 Å². The summed E-state index contributed by atoms with van der Waals surface area (Å²) in [6, 6.07) is 9.68. The van der Waals surface area contributed by atoms with E-state index in [0.717, 1.165) is 3.97 Å². The number of carbonyl (C=O) groups excluding carboxylic acids is 1. The number of rotatable bonds is 5. The minimum Gasteiger partial charge on any atom is -0.368 e. The summed E-state index contributed by atoms with van der Waals surface area (Å²) in [5.41, 5.74) is 6.82. The Morgan fingerprint density at radius 2 is 1.86 bits per heavy atom. The smallest absolute Gasteiger partial charge is 0.269 e. The summed E-state index contributed by atoms with van der Waals surface area (Å²) >= 11 is 0. The highest BCUT2D eigenvalue weighted by Crippen LogP contribution is 2.25. The zero-order valence-corrected chi connectivity index (χ0v) is 15.8. The van der Waals surface area contributed by atoms with E-state index in [-0.39, 0.29) is 22.7 Å². The van der Waals surface area contributed by atoms with Crippen molar-refractivity contribution in [3.63, 3.8) is 0 Å². The van der Waals surface area contributed by atoms with Gasteiger partial charge in [-0.2, -0.15) is 0 Å². The van der Waals surface area contributed by atoms with E-state index in [9.17, 15) is 23.3 Å². The van der Waals surface area contributed by atoms with Crippen LogP contribution in [-0.2, 0) is 10.0 Å². The molecular formula is C17H17N5O5S. The van der Waals surface area contributed by atoms with Crippen molar-refractivity contribution in [2.24, 2.45) is 0 Å². The number of amides is 1. The summed E-state index contributed by atoms with van der Waals surface area (Å²) < 4.78 is 26.1. The van der Waals surface area contributed by atoms with Crippen LogP contribution < -0.4 is 11.1 Å². The summed E-state index contributed by atoms with van der Waals surface area (Å²) in [6.07, 6.45) is 0. The van der Waals surface area contributed by atoms with Crippen LogP contribution in [0, 0.1) is 10.1 Å². The van der Waals surface area contributed by atoms with Crippen LogP contribution in [0.5, 0.6) is 0 Å². The van der Waals surface area contributed by atoms with Gasteiger partial charge in [-0.25, -0.2) is 17.4 Å². The van der Waals surface area contributed by atoms with Gasteiger partial charge in [0.2, 0.25) is 16.0 Å². The molecule has 0 aliphatic carbocycles. The number of nitro groups is 1. The number of anilines is 2. The Bertz CT molecular complexity index is 1180. The highest BCUT2D eigenvalue weighted by atomic mass is 32.2. The van der Waals surface area contributed by atoms with Gasteiger partial charge in [0.05, 0.1) is 21.2 Å². The monoisotopic (exact) mass is 403 g/mol. The van der Waals surface area contributed by atoms with Crippen LogP contribution in [0.25, 0.3) is 11.0 Å². The van der Waals surface area contributed by atoms with E-state index in [1.807, 2.05) is 0 Å².